The van der Waals surface area contributed by atoms with Crippen molar-refractivity contribution >= 4 is 17.5 Å². The number of halogens is 1. The third-order valence-electron chi connectivity index (χ3n) is 3.81. The van der Waals surface area contributed by atoms with Gasteiger partial charge in [-0.15, -0.1) is 0 Å². The van der Waals surface area contributed by atoms with E-state index < -0.39 is 0 Å². The summed E-state index contributed by atoms with van der Waals surface area (Å²) in [7, 11) is 1.78. The molecule has 0 radical (unpaired) electrons. The van der Waals surface area contributed by atoms with E-state index in [1.165, 1.54) is 25.1 Å². The third-order valence-corrected chi connectivity index (χ3v) is 4.09. The molecule has 1 N–H and O–H groups in total. The highest BCUT2D eigenvalue weighted by Crippen LogP contribution is 2.12. The fourth-order valence-electron chi connectivity index (χ4n) is 2.81. The molecule has 1 unspecified atom stereocenters. The molecular weight excluding hydrogens is 290 g/mol. The van der Waals surface area contributed by atoms with Crippen molar-refractivity contribution in [1.82, 2.24) is 14.8 Å². The zero-order chi connectivity index (χ0) is 15.4. The van der Waals surface area contributed by atoms with Crippen LogP contribution in [0, 0.1) is 5.92 Å². The van der Waals surface area contributed by atoms with Crippen molar-refractivity contribution in [2.45, 2.75) is 19.8 Å². The molecule has 21 heavy (non-hydrogen) atoms. The first-order valence-corrected chi connectivity index (χ1v) is 7.71. The lowest BCUT2D eigenvalue weighted by Gasteiger charge is -2.25. The molecule has 0 aromatic carbocycles. The molecule has 1 fully saturated rings. The Labute approximate surface area is 129 Å². The Hall–Kier alpha value is -1.33. The second-order valence-electron chi connectivity index (χ2n) is 5.86. The van der Waals surface area contributed by atoms with Gasteiger partial charge in [0.25, 0.3) is 11.5 Å². The molecule has 5 nitrogen and oxygen atoms in total. The Morgan fingerprint density at radius 1 is 1.48 bits per heavy atom. The first kappa shape index (κ1) is 16.0. The quantitative estimate of drug-likeness (QED) is 0.902. The number of likely N-dealkylation sites (tertiary alicyclic amines) is 1. The number of amides is 1. The van der Waals surface area contributed by atoms with Crippen molar-refractivity contribution in [3.8, 4) is 0 Å². The number of hydrogen-bond acceptors (Lipinski definition) is 3. The number of nitrogens with zero attached hydrogens (tertiary/aromatic N) is 2. The second kappa shape index (κ2) is 7.09. The number of rotatable bonds is 5. The fourth-order valence-corrected chi connectivity index (χ4v) is 2.99. The number of hydrogen-bond donors (Lipinski definition) is 1. The third kappa shape index (κ3) is 4.32. The summed E-state index contributed by atoms with van der Waals surface area (Å²) in [6, 6.07) is 1.42. The summed E-state index contributed by atoms with van der Waals surface area (Å²) in [5.74, 6) is 0.289. The van der Waals surface area contributed by atoms with Gasteiger partial charge >= 0.3 is 0 Å². The highest BCUT2D eigenvalue weighted by molar-refractivity contribution is 6.30. The summed E-state index contributed by atoms with van der Waals surface area (Å²) in [4.78, 5) is 30.1. The minimum atomic E-state index is -0.377. The number of aromatic amines is 1. The second-order valence-corrected chi connectivity index (χ2v) is 6.27. The predicted octanol–water partition coefficient (Wildman–Crippen LogP) is 1.83. The minimum Gasteiger partial charge on any atom is -0.341 e. The van der Waals surface area contributed by atoms with Gasteiger partial charge in [0.2, 0.25) is 0 Å². The van der Waals surface area contributed by atoms with Crippen molar-refractivity contribution in [3.63, 3.8) is 0 Å². The monoisotopic (exact) mass is 311 g/mol. The molecule has 0 saturated carbocycles. The number of carbonyl (C=O) groups is 1. The molecule has 0 bridgehead atoms. The van der Waals surface area contributed by atoms with Crippen LogP contribution in [0.25, 0.3) is 0 Å². The van der Waals surface area contributed by atoms with Crippen molar-refractivity contribution in [3.05, 3.63) is 33.2 Å². The maximum Gasteiger partial charge on any atom is 0.266 e. The molecule has 116 valence electrons. The molecule has 2 heterocycles. The molecule has 0 spiro atoms. The maximum absolute atomic E-state index is 12.3. The van der Waals surface area contributed by atoms with E-state index in [0.717, 1.165) is 19.6 Å². The van der Waals surface area contributed by atoms with Gasteiger partial charge in [-0.25, -0.2) is 0 Å². The normalized spacial score (nSPS) is 16.9. The lowest BCUT2D eigenvalue weighted by Crippen LogP contribution is -2.36. The SMILES string of the molecule is CC(CN1CCCC1)CN(C)C(=O)c1c[nH]c(=O)c(Cl)c1. The van der Waals surface area contributed by atoms with E-state index in [1.54, 1.807) is 11.9 Å². The summed E-state index contributed by atoms with van der Waals surface area (Å²) >= 11 is 5.76. The van der Waals surface area contributed by atoms with Crippen LogP contribution in [0.2, 0.25) is 5.02 Å². The zero-order valence-corrected chi connectivity index (χ0v) is 13.3. The molecule has 1 amide bonds. The highest BCUT2D eigenvalue weighted by Gasteiger charge is 2.19. The van der Waals surface area contributed by atoms with Gasteiger partial charge in [-0.1, -0.05) is 18.5 Å². The van der Waals surface area contributed by atoms with E-state index in [0.29, 0.717) is 18.0 Å². The van der Waals surface area contributed by atoms with Gasteiger partial charge in [-0.2, -0.15) is 0 Å². The van der Waals surface area contributed by atoms with Crippen LogP contribution < -0.4 is 5.56 Å². The Balaban J connectivity index is 1.91. The van der Waals surface area contributed by atoms with Crippen LogP contribution >= 0.6 is 11.6 Å². The molecule has 2 rings (SSSR count). The first-order valence-electron chi connectivity index (χ1n) is 7.33. The summed E-state index contributed by atoms with van der Waals surface area (Å²) in [6.07, 6.45) is 3.97. The fraction of sp³-hybridized carbons (Fsp3) is 0.600. The molecule has 1 aromatic rings. The summed E-state index contributed by atoms with van der Waals surface area (Å²) in [5.41, 5.74) is 0.0359. The predicted molar refractivity (Wildman–Crippen MR) is 83.9 cm³/mol. The van der Waals surface area contributed by atoms with Gasteiger partial charge in [0.05, 0.1) is 5.56 Å². The maximum atomic E-state index is 12.3. The topological polar surface area (TPSA) is 56.4 Å². The number of pyridine rings is 1. The molecule has 0 aliphatic carbocycles. The van der Waals surface area contributed by atoms with Crippen LogP contribution in [0.5, 0.6) is 0 Å². The van der Waals surface area contributed by atoms with Crippen LogP contribution in [-0.4, -0.2) is 53.9 Å². The number of H-pyrrole nitrogens is 1. The first-order chi connectivity index (χ1) is 9.97. The minimum absolute atomic E-state index is 0.0411. The Kier molecular flexibility index (Phi) is 5.42. The number of aromatic nitrogens is 1. The van der Waals surface area contributed by atoms with Gasteiger partial charge in [0.1, 0.15) is 5.02 Å². The van der Waals surface area contributed by atoms with E-state index in [2.05, 4.69) is 16.8 Å². The largest absolute Gasteiger partial charge is 0.341 e. The number of carbonyl (C=O) groups excluding carboxylic acids is 1. The summed E-state index contributed by atoms with van der Waals surface area (Å²) in [6.45, 7) is 6.19. The van der Waals surface area contributed by atoms with E-state index in [9.17, 15) is 9.59 Å². The summed E-state index contributed by atoms with van der Waals surface area (Å²) < 4.78 is 0. The molecule has 6 heteroatoms. The molecule has 1 aliphatic rings. The van der Waals surface area contributed by atoms with Gasteiger partial charge in [0.15, 0.2) is 0 Å². The lowest BCUT2D eigenvalue weighted by molar-refractivity contribution is 0.0766. The average molecular weight is 312 g/mol. The average Bonchev–Trinajstić information content (AvgIpc) is 2.93. The zero-order valence-electron chi connectivity index (χ0n) is 12.6. The van der Waals surface area contributed by atoms with Crippen molar-refractivity contribution in [2.24, 2.45) is 5.92 Å². The van der Waals surface area contributed by atoms with Crippen LogP contribution in [-0.2, 0) is 0 Å². The van der Waals surface area contributed by atoms with E-state index in [1.807, 2.05) is 0 Å². The van der Waals surface area contributed by atoms with Crippen molar-refractivity contribution in [2.75, 3.05) is 33.2 Å². The molecular formula is C15H22ClN3O2. The van der Waals surface area contributed by atoms with Gasteiger partial charge in [-0.3, -0.25) is 9.59 Å². The van der Waals surface area contributed by atoms with E-state index in [-0.39, 0.29) is 16.5 Å². The lowest BCUT2D eigenvalue weighted by atomic mass is 10.1. The number of nitrogens with one attached hydrogen (secondary N) is 1. The van der Waals surface area contributed by atoms with Crippen molar-refractivity contribution in [1.29, 1.82) is 0 Å². The van der Waals surface area contributed by atoms with Crippen LogP contribution in [0.3, 0.4) is 0 Å². The molecule has 1 atom stereocenters. The smallest absolute Gasteiger partial charge is 0.266 e. The molecule has 1 saturated heterocycles. The van der Waals surface area contributed by atoms with Crippen LogP contribution in [0.15, 0.2) is 17.1 Å². The molecule has 1 aromatic heterocycles. The van der Waals surface area contributed by atoms with E-state index in [4.69, 9.17) is 11.6 Å². The standard InChI is InChI=1S/C15H22ClN3O2/c1-11(10-19-5-3-4-6-19)9-18(2)15(21)12-7-13(16)14(20)17-8-12/h7-8,11H,3-6,9-10H2,1-2H3,(H,17,20). The Bertz CT molecular complexity index is 552. The Morgan fingerprint density at radius 2 is 2.14 bits per heavy atom. The van der Waals surface area contributed by atoms with Crippen LogP contribution in [0.4, 0.5) is 0 Å². The summed E-state index contributed by atoms with van der Waals surface area (Å²) in [5, 5.41) is 0.0411. The molecule has 1 aliphatic heterocycles. The van der Waals surface area contributed by atoms with Gasteiger partial charge in [-0.05, 0) is 37.9 Å². The van der Waals surface area contributed by atoms with Gasteiger partial charge in [0, 0.05) is 26.3 Å². The van der Waals surface area contributed by atoms with Crippen LogP contribution in [0.1, 0.15) is 30.1 Å². The Morgan fingerprint density at radius 3 is 2.76 bits per heavy atom. The highest BCUT2D eigenvalue weighted by atomic mass is 35.5. The van der Waals surface area contributed by atoms with Gasteiger partial charge < -0.3 is 14.8 Å². The van der Waals surface area contributed by atoms with E-state index >= 15 is 0 Å². The van der Waals surface area contributed by atoms with Crippen molar-refractivity contribution < 1.29 is 4.79 Å².